The Morgan fingerprint density at radius 1 is 1.56 bits per heavy atom. The quantitative estimate of drug-likeness (QED) is 0.768. The largest absolute Gasteiger partial charge is 0.339 e. The molecule has 0 aliphatic carbocycles. The molecule has 84 valence electrons. The molecule has 0 radical (unpaired) electrons. The van der Waals surface area contributed by atoms with Crippen LogP contribution in [0.4, 0.5) is 0 Å². The molecule has 16 heavy (non-hydrogen) atoms. The minimum Gasteiger partial charge on any atom is -0.339 e. The summed E-state index contributed by atoms with van der Waals surface area (Å²) in [6.07, 6.45) is 2.71. The first-order chi connectivity index (χ1) is 7.65. The Balaban J connectivity index is 2.10. The molecule has 6 heteroatoms. The molecule has 0 fully saturated rings. The third-order valence-electron chi connectivity index (χ3n) is 2.10. The third kappa shape index (κ3) is 2.33. The maximum atomic E-state index is 10.8. The van der Waals surface area contributed by atoms with Crippen molar-refractivity contribution in [3.8, 4) is 11.5 Å². The van der Waals surface area contributed by atoms with Gasteiger partial charge >= 0.3 is 0 Å². The fourth-order valence-corrected chi connectivity index (χ4v) is 1.28. The van der Waals surface area contributed by atoms with Gasteiger partial charge in [0.25, 0.3) is 0 Å². The molecular formula is C10H12N4O2. The number of ketones is 1. The van der Waals surface area contributed by atoms with Gasteiger partial charge < -0.3 is 9.32 Å². The fraction of sp³-hybridized carbons (Fsp3) is 0.400. The molecule has 0 aliphatic heterocycles. The number of hydrogen-bond donors (Lipinski definition) is 0. The van der Waals surface area contributed by atoms with Gasteiger partial charge in [-0.3, -0.25) is 4.68 Å². The number of carbonyl (C=O) groups is 1. The molecule has 6 nitrogen and oxygen atoms in total. The van der Waals surface area contributed by atoms with Crippen LogP contribution in [-0.2, 0) is 18.3 Å². The maximum Gasteiger partial charge on any atom is 0.227 e. The molecule has 0 saturated heterocycles. The van der Waals surface area contributed by atoms with Gasteiger partial charge in [0.1, 0.15) is 11.5 Å². The third-order valence-corrected chi connectivity index (χ3v) is 2.10. The SMILES string of the molecule is CC(=O)CCc1nc(-c2ccn(C)n2)no1. The lowest BCUT2D eigenvalue weighted by molar-refractivity contribution is -0.117. The van der Waals surface area contributed by atoms with Gasteiger partial charge in [0.2, 0.25) is 11.7 Å². The highest BCUT2D eigenvalue weighted by Crippen LogP contribution is 2.13. The Morgan fingerprint density at radius 2 is 2.38 bits per heavy atom. The average Bonchev–Trinajstić information content (AvgIpc) is 2.83. The van der Waals surface area contributed by atoms with Gasteiger partial charge in [0.15, 0.2) is 0 Å². The summed E-state index contributed by atoms with van der Waals surface area (Å²) in [6, 6.07) is 1.81. The smallest absolute Gasteiger partial charge is 0.227 e. The first-order valence-electron chi connectivity index (χ1n) is 4.97. The highest BCUT2D eigenvalue weighted by molar-refractivity contribution is 5.75. The molecule has 0 aliphatic rings. The van der Waals surface area contributed by atoms with Crippen LogP contribution >= 0.6 is 0 Å². The van der Waals surface area contributed by atoms with E-state index >= 15 is 0 Å². The molecule has 2 heterocycles. The van der Waals surface area contributed by atoms with Crippen molar-refractivity contribution < 1.29 is 9.32 Å². The Labute approximate surface area is 92.3 Å². The van der Waals surface area contributed by atoms with Crippen LogP contribution in [-0.4, -0.2) is 25.7 Å². The van der Waals surface area contributed by atoms with E-state index in [9.17, 15) is 4.79 Å². The molecule has 2 rings (SSSR count). The molecule has 0 aromatic carbocycles. The number of carbonyl (C=O) groups excluding carboxylic acids is 1. The molecule has 2 aromatic heterocycles. The van der Waals surface area contributed by atoms with E-state index in [-0.39, 0.29) is 5.78 Å². The zero-order valence-corrected chi connectivity index (χ0v) is 9.17. The van der Waals surface area contributed by atoms with E-state index in [1.165, 1.54) is 6.92 Å². The molecule has 0 spiro atoms. The van der Waals surface area contributed by atoms with Crippen LogP contribution in [0.2, 0.25) is 0 Å². The van der Waals surface area contributed by atoms with Gasteiger partial charge in [0.05, 0.1) is 0 Å². The van der Waals surface area contributed by atoms with E-state index < -0.39 is 0 Å². The summed E-state index contributed by atoms with van der Waals surface area (Å²) in [6.45, 7) is 1.54. The fourth-order valence-electron chi connectivity index (χ4n) is 1.28. The predicted octanol–water partition coefficient (Wildman–Crippen LogP) is 0.992. The lowest BCUT2D eigenvalue weighted by Crippen LogP contribution is -1.94. The van der Waals surface area contributed by atoms with Crippen LogP contribution < -0.4 is 0 Å². The Kier molecular flexibility index (Phi) is 2.80. The van der Waals surface area contributed by atoms with E-state index in [0.29, 0.717) is 30.3 Å². The van der Waals surface area contributed by atoms with Crippen LogP contribution in [0.1, 0.15) is 19.2 Å². The Bertz CT molecular complexity index is 500. The van der Waals surface area contributed by atoms with Crippen LogP contribution in [0.5, 0.6) is 0 Å². The van der Waals surface area contributed by atoms with Crippen molar-refractivity contribution in [3.63, 3.8) is 0 Å². The Hall–Kier alpha value is -1.98. The van der Waals surface area contributed by atoms with Gasteiger partial charge in [-0.1, -0.05) is 5.16 Å². The summed E-state index contributed by atoms with van der Waals surface area (Å²) in [5, 5.41) is 7.96. The van der Waals surface area contributed by atoms with Crippen LogP contribution in [0.3, 0.4) is 0 Å². The summed E-state index contributed by atoms with van der Waals surface area (Å²) in [5.41, 5.74) is 0.667. The lowest BCUT2D eigenvalue weighted by Gasteiger charge is -1.88. The van der Waals surface area contributed by atoms with Gasteiger partial charge in [-0.05, 0) is 13.0 Å². The number of hydrogen-bond acceptors (Lipinski definition) is 5. The standard InChI is InChI=1S/C10H12N4O2/c1-7(15)3-4-9-11-10(13-16-9)8-5-6-14(2)12-8/h5-6H,3-4H2,1-2H3. The minimum atomic E-state index is 0.109. The van der Waals surface area contributed by atoms with Crippen LogP contribution in [0, 0.1) is 0 Å². The van der Waals surface area contributed by atoms with Crippen molar-refractivity contribution in [1.29, 1.82) is 0 Å². The summed E-state index contributed by atoms with van der Waals surface area (Å²) in [4.78, 5) is 15.0. The molecule has 0 amide bonds. The first kappa shape index (κ1) is 10.5. The average molecular weight is 220 g/mol. The van der Waals surface area contributed by atoms with Gasteiger partial charge in [-0.15, -0.1) is 0 Å². The summed E-state index contributed by atoms with van der Waals surface area (Å²) in [5.74, 6) is 1.03. The van der Waals surface area contributed by atoms with Gasteiger partial charge in [-0.2, -0.15) is 10.1 Å². The summed E-state index contributed by atoms with van der Waals surface area (Å²) < 4.78 is 6.68. The molecule has 0 atom stereocenters. The van der Waals surface area contributed by atoms with E-state index in [2.05, 4.69) is 15.2 Å². The lowest BCUT2D eigenvalue weighted by atomic mass is 10.2. The van der Waals surface area contributed by atoms with Crippen molar-refractivity contribution in [3.05, 3.63) is 18.2 Å². The molecule has 0 bridgehead atoms. The number of rotatable bonds is 4. The van der Waals surface area contributed by atoms with E-state index in [1.807, 2.05) is 7.05 Å². The van der Waals surface area contributed by atoms with Crippen molar-refractivity contribution in [2.24, 2.45) is 7.05 Å². The van der Waals surface area contributed by atoms with Crippen LogP contribution in [0.15, 0.2) is 16.8 Å². The normalized spacial score (nSPS) is 10.6. The second kappa shape index (κ2) is 4.26. The number of aryl methyl sites for hydroxylation is 2. The number of Topliss-reactive ketones (excluding diaryl/α,β-unsaturated/α-hetero) is 1. The van der Waals surface area contributed by atoms with Crippen molar-refractivity contribution in [2.75, 3.05) is 0 Å². The van der Waals surface area contributed by atoms with E-state index in [4.69, 9.17) is 4.52 Å². The van der Waals surface area contributed by atoms with Gasteiger partial charge in [-0.25, -0.2) is 0 Å². The van der Waals surface area contributed by atoms with Crippen molar-refractivity contribution in [1.82, 2.24) is 19.9 Å². The molecular weight excluding hydrogens is 208 g/mol. The van der Waals surface area contributed by atoms with E-state index in [1.54, 1.807) is 16.9 Å². The predicted molar refractivity (Wildman–Crippen MR) is 55.5 cm³/mol. The van der Waals surface area contributed by atoms with Crippen LogP contribution in [0.25, 0.3) is 11.5 Å². The first-order valence-corrected chi connectivity index (χ1v) is 4.97. The summed E-state index contributed by atoms with van der Waals surface area (Å²) >= 11 is 0. The Morgan fingerprint density at radius 3 is 3.00 bits per heavy atom. The maximum absolute atomic E-state index is 10.8. The second-order valence-electron chi connectivity index (χ2n) is 3.59. The zero-order valence-electron chi connectivity index (χ0n) is 9.17. The second-order valence-corrected chi connectivity index (χ2v) is 3.59. The monoisotopic (exact) mass is 220 g/mol. The van der Waals surface area contributed by atoms with Crippen molar-refractivity contribution in [2.45, 2.75) is 19.8 Å². The number of nitrogens with zero attached hydrogens (tertiary/aromatic N) is 4. The summed E-state index contributed by atoms with van der Waals surface area (Å²) in [7, 11) is 1.82. The van der Waals surface area contributed by atoms with E-state index in [0.717, 1.165) is 0 Å². The molecule has 2 aromatic rings. The highest BCUT2D eigenvalue weighted by Gasteiger charge is 2.11. The highest BCUT2D eigenvalue weighted by atomic mass is 16.5. The molecule has 0 N–H and O–H groups in total. The number of aromatic nitrogens is 4. The molecule has 0 unspecified atom stereocenters. The minimum absolute atomic E-state index is 0.109. The zero-order chi connectivity index (χ0) is 11.5. The van der Waals surface area contributed by atoms with Crippen molar-refractivity contribution >= 4 is 5.78 Å². The molecule has 0 saturated carbocycles. The topological polar surface area (TPSA) is 73.8 Å². The van der Waals surface area contributed by atoms with Gasteiger partial charge in [0, 0.05) is 26.1 Å².